The average Bonchev–Trinajstić information content (AvgIpc) is 2.89. The van der Waals surface area contributed by atoms with Gasteiger partial charge in [0.15, 0.2) is 0 Å². The molecule has 2 amide bonds. The van der Waals surface area contributed by atoms with E-state index in [-0.39, 0.29) is 17.2 Å². The van der Waals surface area contributed by atoms with Crippen LogP contribution in [0.3, 0.4) is 0 Å². The average molecular weight is 518 g/mol. The van der Waals surface area contributed by atoms with E-state index in [0.29, 0.717) is 16.4 Å². The SMILES string of the molecule is O=C(Nc1cccc(SC(C(=O)Nc2ccccc2Cl)c2ccccc2)c1)c1cccc([N+](=O)[O-])c1. The van der Waals surface area contributed by atoms with Gasteiger partial charge >= 0.3 is 0 Å². The summed E-state index contributed by atoms with van der Waals surface area (Å²) in [6.07, 6.45) is 0. The molecule has 180 valence electrons. The third-order valence-electron chi connectivity index (χ3n) is 5.14. The number of nitro benzene ring substituents is 1. The molecule has 1 unspecified atom stereocenters. The zero-order valence-corrected chi connectivity index (χ0v) is 20.3. The highest BCUT2D eigenvalue weighted by molar-refractivity contribution is 8.00. The van der Waals surface area contributed by atoms with E-state index in [1.54, 1.807) is 42.5 Å². The van der Waals surface area contributed by atoms with Crippen LogP contribution >= 0.6 is 23.4 Å². The van der Waals surface area contributed by atoms with Crippen LogP contribution in [0.15, 0.2) is 108 Å². The smallest absolute Gasteiger partial charge is 0.270 e. The minimum Gasteiger partial charge on any atom is -0.323 e. The van der Waals surface area contributed by atoms with Gasteiger partial charge in [0.25, 0.3) is 11.6 Å². The Hall–Kier alpha value is -4.14. The molecule has 36 heavy (non-hydrogen) atoms. The topological polar surface area (TPSA) is 101 Å². The number of nitrogens with one attached hydrogen (secondary N) is 2. The minimum atomic E-state index is -0.592. The molecule has 0 radical (unpaired) electrons. The maximum atomic E-state index is 13.3. The van der Waals surface area contributed by atoms with Gasteiger partial charge in [-0.25, -0.2) is 0 Å². The number of nitrogens with zero attached hydrogens (tertiary/aromatic N) is 1. The molecule has 0 spiro atoms. The fourth-order valence-corrected chi connectivity index (χ4v) is 4.68. The lowest BCUT2D eigenvalue weighted by atomic mass is 10.1. The number of anilines is 2. The second-order valence-electron chi connectivity index (χ2n) is 7.67. The van der Waals surface area contributed by atoms with Gasteiger partial charge in [-0.05, 0) is 42.0 Å². The Kier molecular flexibility index (Phi) is 7.99. The molecule has 9 heteroatoms. The van der Waals surface area contributed by atoms with Crippen LogP contribution in [0.5, 0.6) is 0 Å². The number of hydrogen-bond donors (Lipinski definition) is 2. The Morgan fingerprint density at radius 1 is 0.833 bits per heavy atom. The number of non-ortho nitro benzene ring substituents is 1. The summed E-state index contributed by atoms with van der Waals surface area (Å²) in [5.74, 6) is -0.720. The molecule has 4 aromatic carbocycles. The number of thioether (sulfide) groups is 1. The first-order valence-electron chi connectivity index (χ1n) is 10.8. The predicted octanol–water partition coefficient (Wildman–Crippen LogP) is 6.97. The van der Waals surface area contributed by atoms with Gasteiger partial charge in [0, 0.05) is 28.3 Å². The van der Waals surface area contributed by atoms with Gasteiger partial charge < -0.3 is 10.6 Å². The van der Waals surface area contributed by atoms with Crippen molar-refractivity contribution in [1.82, 2.24) is 0 Å². The van der Waals surface area contributed by atoms with Crippen LogP contribution in [0, 0.1) is 10.1 Å². The summed E-state index contributed by atoms with van der Waals surface area (Å²) in [6.45, 7) is 0. The van der Waals surface area contributed by atoms with E-state index >= 15 is 0 Å². The number of carbonyl (C=O) groups is 2. The van der Waals surface area contributed by atoms with Crippen molar-refractivity contribution in [2.45, 2.75) is 10.1 Å². The van der Waals surface area contributed by atoms with Crippen LogP contribution in [0.2, 0.25) is 5.02 Å². The van der Waals surface area contributed by atoms with E-state index < -0.39 is 16.1 Å². The van der Waals surface area contributed by atoms with Crippen molar-refractivity contribution in [3.8, 4) is 0 Å². The molecule has 0 aliphatic heterocycles. The van der Waals surface area contributed by atoms with E-state index in [1.807, 2.05) is 36.4 Å². The Morgan fingerprint density at radius 2 is 1.56 bits per heavy atom. The monoisotopic (exact) mass is 517 g/mol. The molecule has 4 aromatic rings. The normalized spacial score (nSPS) is 11.4. The first-order valence-corrected chi connectivity index (χ1v) is 12.1. The fraction of sp³-hybridized carbons (Fsp3) is 0.0370. The molecule has 0 saturated heterocycles. The van der Waals surface area contributed by atoms with Crippen molar-refractivity contribution in [3.63, 3.8) is 0 Å². The molecule has 0 bridgehead atoms. The van der Waals surface area contributed by atoms with Gasteiger partial charge in [0.05, 0.1) is 15.6 Å². The number of hydrogen-bond acceptors (Lipinski definition) is 5. The van der Waals surface area contributed by atoms with Crippen LogP contribution in [0.25, 0.3) is 0 Å². The Balaban J connectivity index is 1.54. The molecule has 4 rings (SSSR count). The number of halogens is 1. The standard InChI is InChI=1S/C27H20ClN3O4S/c28-23-14-4-5-15-24(23)30-27(33)25(18-8-2-1-3-9-18)36-22-13-7-11-20(17-22)29-26(32)19-10-6-12-21(16-19)31(34)35/h1-17,25H,(H,29,32)(H,30,33). The van der Waals surface area contributed by atoms with Crippen LogP contribution in [-0.4, -0.2) is 16.7 Å². The van der Waals surface area contributed by atoms with Crippen LogP contribution in [0.1, 0.15) is 21.2 Å². The molecule has 0 heterocycles. The zero-order valence-electron chi connectivity index (χ0n) is 18.8. The second-order valence-corrected chi connectivity index (χ2v) is 9.25. The van der Waals surface area contributed by atoms with Crippen molar-refractivity contribution < 1.29 is 14.5 Å². The van der Waals surface area contributed by atoms with Gasteiger partial charge in [0.2, 0.25) is 5.91 Å². The molecular weight excluding hydrogens is 498 g/mol. The number of para-hydroxylation sites is 1. The lowest BCUT2D eigenvalue weighted by Gasteiger charge is -2.18. The summed E-state index contributed by atoms with van der Waals surface area (Å²) in [6, 6.07) is 28.9. The molecule has 0 aromatic heterocycles. The Bertz CT molecular complexity index is 1420. The third-order valence-corrected chi connectivity index (χ3v) is 6.71. The van der Waals surface area contributed by atoms with E-state index in [1.165, 1.54) is 36.0 Å². The number of carbonyl (C=O) groups excluding carboxylic acids is 2. The molecule has 0 saturated carbocycles. The predicted molar refractivity (Wildman–Crippen MR) is 143 cm³/mol. The maximum absolute atomic E-state index is 13.3. The van der Waals surface area contributed by atoms with E-state index in [4.69, 9.17) is 11.6 Å². The van der Waals surface area contributed by atoms with Crippen LogP contribution in [-0.2, 0) is 4.79 Å². The molecule has 0 aliphatic carbocycles. The first kappa shape index (κ1) is 25.0. The Morgan fingerprint density at radius 3 is 2.31 bits per heavy atom. The maximum Gasteiger partial charge on any atom is 0.270 e. The van der Waals surface area contributed by atoms with Gasteiger partial charge in [-0.1, -0.05) is 66.2 Å². The van der Waals surface area contributed by atoms with Crippen molar-refractivity contribution in [1.29, 1.82) is 0 Å². The highest BCUT2D eigenvalue weighted by atomic mass is 35.5. The highest BCUT2D eigenvalue weighted by Gasteiger charge is 2.23. The molecule has 2 N–H and O–H groups in total. The van der Waals surface area contributed by atoms with E-state index in [2.05, 4.69) is 10.6 Å². The second kappa shape index (κ2) is 11.5. The van der Waals surface area contributed by atoms with Crippen LogP contribution in [0.4, 0.5) is 17.1 Å². The molecule has 1 atom stereocenters. The first-order chi connectivity index (χ1) is 17.4. The Labute approximate surface area is 216 Å². The molecular formula is C27H20ClN3O4S. The largest absolute Gasteiger partial charge is 0.323 e. The van der Waals surface area contributed by atoms with Crippen molar-refractivity contribution in [2.75, 3.05) is 10.6 Å². The lowest BCUT2D eigenvalue weighted by Crippen LogP contribution is -2.19. The van der Waals surface area contributed by atoms with Gasteiger partial charge in [-0.15, -0.1) is 11.8 Å². The van der Waals surface area contributed by atoms with Crippen LogP contribution < -0.4 is 10.6 Å². The van der Waals surface area contributed by atoms with Crippen molar-refractivity contribution in [3.05, 3.63) is 129 Å². The van der Waals surface area contributed by atoms with Gasteiger partial charge in [0.1, 0.15) is 5.25 Å². The van der Waals surface area contributed by atoms with E-state index in [0.717, 1.165) is 10.5 Å². The lowest BCUT2D eigenvalue weighted by molar-refractivity contribution is -0.384. The number of rotatable bonds is 8. The molecule has 0 aliphatic rings. The number of amides is 2. The minimum absolute atomic E-state index is 0.165. The van der Waals surface area contributed by atoms with E-state index in [9.17, 15) is 19.7 Å². The van der Waals surface area contributed by atoms with Gasteiger partial charge in [-0.3, -0.25) is 19.7 Å². The summed E-state index contributed by atoms with van der Waals surface area (Å²) in [7, 11) is 0. The fourth-order valence-electron chi connectivity index (χ4n) is 3.41. The summed E-state index contributed by atoms with van der Waals surface area (Å²) in [4.78, 5) is 37.2. The summed E-state index contributed by atoms with van der Waals surface area (Å²) < 4.78 is 0. The zero-order chi connectivity index (χ0) is 25.5. The summed E-state index contributed by atoms with van der Waals surface area (Å²) in [5, 5.41) is 16.5. The molecule has 7 nitrogen and oxygen atoms in total. The van der Waals surface area contributed by atoms with Gasteiger partial charge in [-0.2, -0.15) is 0 Å². The number of nitro groups is 1. The van der Waals surface area contributed by atoms with Crippen molar-refractivity contribution in [2.24, 2.45) is 0 Å². The highest BCUT2D eigenvalue weighted by Crippen LogP contribution is 2.37. The number of benzene rings is 4. The summed E-state index contributed by atoms with van der Waals surface area (Å²) in [5.41, 5.74) is 1.82. The molecule has 0 fully saturated rings. The van der Waals surface area contributed by atoms with Crippen molar-refractivity contribution >= 4 is 52.2 Å². The summed E-state index contributed by atoms with van der Waals surface area (Å²) >= 11 is 7.55. The third kappa shape index (κ3) is 6.29. The quantitative estimate of drug-likeness (QED) is 0.149.